The van der Waals surface area contributed by atoms with Crippen molar-refractivity contribution in [3.8, 4) is 0 Å². The van der Waals surface area contributed by atoms with Crippen molar-refractivity contribution in [1.29, 1.82) is 0 Å². The van der Waals surface area contributed by atoms with E-state index in [4.69, 9.17) is 0 Å². The molecule has 1 unspecified atom stereocenters. The summed E-state index contributed by atoms with van der Waals surface area (Å²) in [5.41, 5.74) is 1.38. The molecule has 0 aromatic heterocycles. The number of quaternary nitrogens is 1. The summed E-state index contributed by atoms with van der Waals surface area (Å²) in [4.78, 5) is 0. The van der Waals surface area contributed by atoms with Gasteiger partial charge in [-0.1, -0.05) is 18.2 Å². The molecule has 1 atom stereocenters. The van der Waals surface area contributed by atoms with Crippen molar-refractivity contribution in [2.75, 3.05) is 19.6 Å². The Morgan fingerprint density at radius 3 is 2.33 bits per heavy atom. The molecule has 0 saturated carbocycles. The van der Waals surface area contributed by atoms with E-state index in [0.29, 0.717) is 5.92 Å². The highest BCUT2D eigenvalue weighted by atomic mass is 16.3. The third kappa shape index (κ3) is 1.40. The maximum Gasteiger partial charge on any atom is 0.132 e. The third-order valence-corrected chi connectivity index (χ3v) is 4.24. The smallest absolute Gasteiger partial charge is 0.132 e. The molecule has 3 aliphatic rings. The van der Waals surface area contributed by atoms with Gasteiger partial charge in [-0.05, 0) is 12.1 Å². The van der Waals surface area contributed by atoms with E-state index in [-0.39, 0.29) is 6.10 Å². The highest BCUT2D eigenvalue weighted by molar-refractivity contribution is 5.43. The van der Waals surface area contributed by atoms with E-state index in [9.17, 15) is 5.11 Å². The molecule has 0 radical (unpaired) electrons. The average molecular weight is 204 g/mol. The monoisotopic (exact) mass is 204 g/mol. The molecule has 3 saturated heterocycles. The van der Waals surface area contributed by atoms with E-state index in [2.05, 4.69) is 30.3 Å². The molecule has 1 aromatic rings. The molecule has 0 aliphatic carbocycles. The number of hydrogen-bond acceptors (Lipinski definition) is 1. The van der Waals surface area contributed by atoms with Gasteiger partial charge in [-0.15, -0.1) is 0 Å². The molecule has 15 heavy (non-hydrogen) atoms. The van der Waals surface area contributed by atoms with Crippen LogP contribution >= 0.6 is 0 Å². The van der Waals surface area contributed by atoms with Gasteiger partial charge in [0.15, 0.2) is 0 Å². The SMILES string of the molecule is OC1C[N+]2(c3ccccc3)CCC1CC2. The van der Waals surface area contributed by atoms with E-state index < -0.39 is 0 Å². The van der Waals surface area contributed by atoms with Crippen molar-refractivity contribution in [2.45, 2.75) is 18.9 Å². The first-order chi connectivity index (χ1) is 7.30. The summed E-state index contributed by atoms with van der Waals surface area (Å²) in [6, 6.07) is 10.7. The minimum absolute atomic E-state index is 0.0762. The van der Waals surface area contributed by atoms with Crippen LogP contribution in [0.4, 0.5) is 5.69 Å². The number of aliphatic hydroxyl groups excluding tert-OH is 1. The van der Waals surface area contributed by atoms with Gasteiger partial charge >= 0.3 is 0 Å². The first kappa shape index (κ1) is 9.37. The number of aliphatic hydroxyl groups is 1. The lowest BCUT2D eigenvalue weighted by Crippen LogP contribution is -2.64. The third-order valence-electron chi connectivity index (χ3n) is 4.24. The fourth-order valence-corrected chi connectivity index (χ4v) is 3.26. The molecule has 80 valence electrons. The predicted octanol–water partition coefficient (Wildman–Crippen LogP) is 1.78. The minimum Gasteiger partial charge on any atom is -0.387 e. The summed E-state index contributed by atoms with van der Waals surface area (Å²) in [6.45, 7) is 3.35. The first-order valence-electron chi connectivity index (χ1n) is 5.90. The van der Waals surface area contributed by atoms with Crippen LogP contribution in [0.2, 0.25) is 0 Å². The van der Waals surface area contributed by atoms with Crippen LogP contribution in [0.1, 0.15) is 12.8 Å². The van der Waals surface area contributed by atoms with E-state index in [1.54, 1.807) is 0 Å². The Hall–Kier alpha value is -0.860. The number of fused-ring (bicyclic) bond motifs is 3. The molecule has 1 N–H and O–H groups in total. The molecule has 2 bridgehead atoms. The number of rotatable bonds is 1. The quantitative estimate of drug-likeness (QED) is 0.691. The second-order valence-electron chi connectivity index (χ2n) is 5.02. The molecule has 0 spiro atoms. The fraction of sp³-hybridized carbons (Fsp3) is 0.538. The normalized spacial score (nSPS) is 39.3. The Bertz CT molecular complexity index is 341. The molecule has 0 amide bonds. The lowest BCUT2D eigenvalue weighted by Gasteiger charge is -2.50. The first-order valence-corrected chi connectivity index (χ1v) is 5.90. The number of nitrogens with zero attached hydrogens (tertiary/aromatic N) is 1. The summed E-state index contributed by atoms with van der Waals surface area (Å²) in [6.07, 6.45) is 2.30. The summed E-state index contributed by atoms with van der Waals surface area (Å²) in [5, 5.41) is 10.0. The van der Waals surface area contributed by atoms with Gasteiger partial charge in [0.1, 0.15) is 18.3 Å². The lowest BCUT2D eigenvalue weighted by atomic mass is 9.83. The van der Waals surface area contributed by atoms with Crippen LogP contribution < -0.4 is 4.48 Å². The molecule has 1 aromatic carbocycles. The number of benzene rings is 1. The van der Waals surface area contributed by atoms with Crippen molar-refractivity contribution >= 4 is 5.69 Å². The van der Waals surface area contributed by atoms with Gasteiger partial charge in [0.2, 0.25) is 0 Å². The standard InChI is InChI=1S/C13H18NO/c15-13-10-14(8-6-11(13)7-9-14)12-4-2-1-3-5-12/h1-5,11,13,15H,6-10H2/q+1. The largest absolute Gasteiger partial charge is 0.387 e. The second-order valence-corrected chi connectivity index (χ2v) is 5.02. The maximum absolute atomic E-state index is 10.0. The zero-order valence-electron chi connectivity index (χ0n) is 8.97. The molecule has 2 heteroatoms. The Morgan fingerprint density at radius 1 is 1.07 bits per heavy atom. The van der Waals surface area contributed by atoms with E-state index in [1.807, 2.05) is 0 Å². The number of para-hydroxylation sites is 1. The maximum atomic E-state index is 10.0. The van der Waals surface area contributed by atoms with Gasteiger partial charge in [0.05, 0.1) is 13.1 Å². The zero-order valence-corrected chi connectivity index (χ0v) is 8.97. The molecule has 4 rings (SSSR count). The molecule has 2 nitrogen and oxygen atoms in total. The Kier molecular flexibility index (Phi) is 2.08. The van der Waals surface area contributed by atoms with Crippen LogP contribution in [0.15, 0.2) is 30.3 Å². The van der Waals surface area contributed by atoms with Gasteiger partial charge < -0.3 is 5.11 Å². The highest BCUT2D eigenvalue weighted by Gasteiger charge is 2.46. The summed E-state index contributed by atoms with van der Waals surface area (Å²) in [5.74, 6) is 0.578. The van der Waals surface area contributed by atoms with Gasteiger partial charge in [0, 0.05) is 18.8 Å². The van der Waals surface area contributed by atoms with Gasteiger partial charge in [-0.25, -0.2) is 0 Å². The molecule has 3 fully saturated rings. The summed E-state index contributed by atoms with van der Waals surface area (Å²) in [7, 11) is 0. The van der Waals surface area contributed by atoms with Crippen LogP contribution in [0.25, 0.3) is 0 Å². The number of hydrogen-bond donors (Lipinski definition) is 1. The lowest BCUT2D eigenvalue weighted by molar-refractivity contribution is -0.0190. The van der Waals surface area contributed by atoms with Crippen molar-refractivity contribution in [3.05, 3.63) is 30.3 Å². The van der Waals surface area contributed by atoms with Crippen LogP contribution in [0.5, 0.6) is 0 Å². The van der Waals surface area contributed by atoms with Gasteiger partial charge in [-0.2, -0.15) is 0 Å². The second kappa shape index (κ2) is 3.32. The zero-order chi connectivity index (χ0) is 10.3. The predicted molar refractivity (Wildman–Crippen MR) is 61.6 cm³/mol. The minimum atomic E-state index is -0.0762. The molecular formula is C13H18NO+. The number of piperidine rings is 3. The van der Waals surface area contributed by atoms with Crippen molar-refractivity contribution in [2.24, 2.45) is 5.92 Å². The van der Waals surface area contributed by atoms with Gasteiger partial charge in [-0.3, -0.25) is 4.48 Å². The van der Waals surface area contributed by atoms with Crippen molar-refractivity contribution < 1.29 is 5.11 Å². The van der Waals surface area contributed by atoms with Crippen LogP contribution in [-0.2, 0) is 0 Å². The Morgan fingerprint density at radius 2 is 1.73 bits per heavy atom. The Labute approximate surface area is 90.7 Å². The van der Waals surface area contributed by atoms with Crippen LogP contribution in [0.3, 0.4) is 0 Å². The Balaban J connectivity index is 1.96. The van der Waals surface area contributed by atoms with Gasteiger partial charge in [0.25, 0.3) is 0 Å². The van der Waals surface area contributed by atoms with Crippen molar-refractivity contribution in [1.82, 2.24) is 4.48 Å². The molecule has 3 heterocycles. The summed E-state index contributed by atoms with van der Waals surface area (Å²) < 4.78 is 1.01. The average Bonchev–Trinajstić information content (AvgIpc) is 2.31. The van der Waals surface area contributed by atoms with E-state index in [1.165, 1.54) is 31.6 Å². The summed E-state index contributed by atoms with van der Waals surface area (Å²) >= 11 is 0. The van der Waals surface area contributed by atoms with Crippen molar-refractivity contribution in [3.63, 3.8) is 0 Å². The molecule has 3 aliphatic heterocycles. The highest BCUT2D eigenvalue weighted by Crippen LogP contribution is 2.37. The topological polar surface area (TPSA) is 20.2 Å². The van der Waals surface area contributed by atoms with E-state index >= 15 is 0 Å². The fourth-order valence-electron chi connectivity index (χ4n) is 3.26. The van der Waals surface area contributed by atoms with Crippen LogP contribution in [-0.4, -0.2) is 30.8 Å². The van der Waals surface area contributed by atoms with Crippen LogP contribution in [0, 0.1) is 5.92 Å². The molecular weight excluding hydrogens is 186 g/mol. The van der Waals surface area contributed by atoms with E-state index in [0.717, 1.165) is 11.0 Å².